The van der Waals surface area contributed by atoms with Crippen molar-refractivity contribution in [3.05, 3.63) is 30.0 Å². The zero-order valence-corrected chi connectivity index (χ0v) is 10.9. The minimum absolute atomic E-state index is 0.346. The van der Waals surface area contributed by atoms with Gasteiger partial charge in [0.25, 0.3) is 0 Å². The molecule has 4 nitrogen and oxygen atoms in total. The van der Waals surface area contributed by atoms with Gasteiger partial charge in [0, 0.05) is 24.9 Å². The zero-order chi connectivity index (χ0) is 12.7. The van der Waals surface area contributed by atoms with E-state index < -0.39 is 0 Å². The summed E-state index contributed by atoms with van der Waals surface area (Å²) in [5.74, 6) is 7.19. The summed E-state index contributed by atoms with van der Waals surface area (Å²) in [6.45, 7) is 2.28. The average Bonchev–Trinajstić information content (AvgIpc) is 3.02. The van der Waals surface area contributed by atoms with Gasteiger partial charge in [0.05, 0.1) is 11.2 Å². The molecular weight excluding hydrogens is 224 g/mol. The van der Waals surface area contributed by atoms with Crippen LogP contribution in [0.1, 0.15) is 19.0 Å². The van der Waals surface area contributed by atoms with Crippen LogP contribution in [0, 0.1) is 11.8 Å². The zero-order valence-electron chi connectivity index (χ0n) is 10.9. The minimum Gasteiger partial charge on any atom is -0.271 e. The van der Waals surface area contributed by atoms with Gasteiger partial charge in [-0.25, -0.2) is 0 Å². The molecule has 0 amide bonds. The van der Waals surface area contributed by atoms with Crippen LogP contribution in [0.5, 0.6) is 0 Å². The van der Waals surface area contributed by atoms with Crippen molar-refractivity contribution in [3.63, 3.8) is 0 Å². The Bertz CT molecular complexity index is 560. The van der Waals surface area contributed by atoms with Crippen molar-refractivity contribution in [2.24, 2.45) is 24.7 Å². The summed E-state index contributed by atoms with van der Waals surface area (Å²) in [6.07, 6.45) is 2.19. The lowest BCUT2D eigenvalue weighted by Gasteiger charge is -2.14. The van der Waals surface area contributed by atoms with E-state index in [2.05, 4.69) is 41.7 Å². The van der Waals surface area contributed by atoms with E-state index in [0.29, 0.717) is 12.0 Å². The maximum Gasteiger partial charge on any atom is 0.0719 e. The van der Waals surface area contributed by atoms with E-state index in [-0.39, 0.29) is 0 Å². The third-order valence-electron chi connectivity index (χ3n) is 4.15. The molecule has 0 saturated heterocycles. The molecule has 2 aromatic rings. The molecule has 4 heteroatoms. The van der Waals surface area contributed by atoms with Crippen molar-refractivity contribution in [2.75, 3.05) is 0 Å². The highest BCUT2D eigenvalue weighted by Gasteiger charge is 2.39. The Balaban J connectivity index is 1.90. The van der Waals surface area contributed by atoms with Crippen LogP contribution >= 0.6 is 0 Å². The number of nitrogens with two attached hydrogens (primary N) is 1. The summed E-state index contributed by atoms with van der Waals surface area (Å²) in [7, 11) is 2.00. The van der Waals surface area contributed by atoms with Crippen LogP contribution in [0.2, 0.25) is 0 Å². The molecule has 1 aliphatic carbocycles. The first-order chi connectivity index (χ1) is 8.70. The number of fused-ring (bicyclic) bond motifs is 1. The Labute approximate surface area is 107 Å². The molecule has 0 radical (unpaired) electrons. The molecule has 0 aliphatic heterocycles. The second-order valence-corrected chi connectivity index (χ2v) is 5.44. The van der Waals surface area contributed by atoms with Crippen molar-refractivity contribution < 1.29 is 0 Å². The molecule has 96 valence electrons. The Morgan fingerprint density at radius 3 is 2.89 bits per heavy atom. The van der Waals surface area contributed by atoms with Crippen LogP contribution in [0.4, 0.5) is 0 Å². The van der Waals surface area contributed by atoms with Gasteiger partial charge in [-0.3, -0.25) is 16.0 Å². The van der Waals surface area contributed by atoms with Crippen molar-refractivity contribution in [3.8, 4) is 0 Å². The summed E-state index contributed by atoms with van der Waals surface area (Å²) in [5.41, 5.74) is 5.30. The molecule has 3 atom stereocenters. The number of benzene rings is 1. The van der Waals surface area contributed by atoms with Crippen LogP contribution in [0.3, 0.4) is 0 Å². The molecule has 18 heavy (non-hydrogen) atoms. The number of rotatable bonds is 4. The van der Waals surface area contributed by atoms with E-state index in [9.17, 15) is 0 Å². The second kappa shape index (κ2) is 4.37. The standard InChI is InChI=1S/C14H20N4/c1-9-7-11(9)12(16-15)8-13-10-5-3-4-6-14(10)18(2)17-13/h3-6,9,11-12,16H,7-8,15H2,1-2H3. The van der Waals surface area contributed by atoms with Crippen LogP contribution in [-0.4, -0.2) is 15.8 Å². The van der Waals surface area contributed by atoms with Crippen molar-refractivity contribution in [2.45, 2.75) is 25.8 Å². The number of aromatic nitrogens is 2. The summed E-state index contributed by atoms with van der Waals surface area (Å²) >= 11 is 0. The first-order valence-electron chi connectivity index (χ1n) is 6.57. The average molecular weight is 244 g/mol. The summed E-state index contributed by atoms with van der Waals surface area (Å²) < 4.78 is 1.95. The van der Waals surface area contributed by atoms with Gasteiger partial charge in [0.1, 0.15) is 0 Å². The highest BCUT2D eigenvalue weighted by molar-refractivity contribution is 5.81. The fraction of sp³-hybridized carbons (Fsp3) is 0.500. The number of hydrazine groups is 1. The van der Waals surface area contributed by atoms with E-state index in [0.717, 1.165) is 18.0 Å². The molecule has 1 aliphatic rings. The van der Waals surface area contributed by atoms with Gasteiger partial charge >= 0.3 is 0 Å². The van der Waals surface area contributed by atoms with E-state index in [1.54, 1.807) is 0 Å². The van der Waals surface area contributed by atoms with Gasteiger partial charge in [0.15, 0.2) is 0 Å². The molecule has 1 fully saturated rings. The fourth-order valence-electron chi connectivity index (χ4n) is 2.89. The largest absolute Gasteiger partial charge is 0.271 e. The van der Waals surface area contributed by atoms with Crippen LogP contribution in [0.15, 0.2) is 24.3 Å². The predicted molar refractivity (Wildman–Crippen MR) is 72.8 cm³/mol. The lowest BCUT2D eigenvalue weighted by Crippen LogP contribution is -2.39. The number of nitrogens with zero attached hydrogens (tertiary/aromatic N) is 2. The monoisotopic (exact) mass is 244 g/mol. The summed E-state index contributed by atoms with van der Waals surface area (Å²) in [6, 6.07) is 8.71. The van der Waals surface area contributed by atoms with Gasteiger partial charge in [0.2, 0.25) is 0 Å². The Hall–Kier alpha value is -1.39. The molecule has 1 saturated carbocycles. The van der Waals surface area contributed by atoms with E-state index in [1.165, 1.54) is 17.3 Å². The predicted octanol–water partition coefficient (Wildman–Crippen LogP) is 1.60. The smallest absolute Gasteiger partial charge is 0.0719 e. The van der Waals surface area contributed by atoms with E-state index in [1.807, 2.05) is 11.7 Å². The molecule has 0 bridgehead atoms. The van der Waals surface area contributed by atoms with Crippen LogP contribution < -0.4 is 11.3 Å². The first-order valence-corrected chi connectivity index (χ1v) is 6.57. The van der Waals surface area contributed by atoms with Crippen LogP contribution in [-0.2, 0) is 13.5 Å². The highest BCUT2D eigenvalue weighted by atomic mass is 15.3. The SMILES string of the molecule is CC1CC1C(Cc1nn(C)c2ccccc12)NN. The van der Waals surface area contributed by atoms with Crippen molar-refractivity contribution in [1.29, 1.82) is 0 Å². The third kappa shape index (κ3) is 1.91. The lowest BCUT2D eigenvalue weighted by atomic mass is 10.0. The van der Waals surface area contributed by atoms with Gasteiger partial charge < -0.3 is 0 Å². The lowest BCUT2D eigenvalue weighted by molar-refractivity contribution is 0.450. The minimum atomic E-state index is 0.346. The van der Waals surface area contributed by atoms with Gasteiger partial charge in [-0.2, -0.15) is 5.10 Å². The third-order valence-corrected chi connectivity index (χ3v) is 4.15. The van der Waals surface area contributed by atoms with E-state index >= 15 is 0 Å². The van der Waals surface area contributed by atoms with Gasteiger partial charge in [-0.1, -0.05) is 25.1 Å². The highest BCUT2D eigenvalue weighted by Crippen LogP contribution is 2.41. The quantitative estimate of drug-likeness (QED) is 0.634. The molecular formula is C14H20N4. The molecule has 1 aromatic carbocycles. The first kappa shape index (κ1) is 11.7. The number of hydrogen-bond donors (Lipinski definition) is 2. The fourth-order valence-corrected chi connectivity index (χ4v) is 2.89. The maximum absolute atomic E-state index is 5.69. The normalized spacial score (nSPS) is 24.4. The summed E-state index contributed by atoms with van der Waals surface area (Å²) in [5, 5.41) is 5.88. The number of hydrogen-bond acceptors (Lipinski definition) is 3. The van der Waals surface area contributed by atoms with Crippen molar-refractivity contribution in [1.82, 2.24) is 15.2 Å². The summed E-state index contributed by atoms with van der Waals surface area (Å²) in [4.78, 5) is 0. The van der Waals surface area contributed by atoms with Crippen molar-refractivity contribution >= 4 is 10.9 Å². The Morgan fingerprint density at radius 1 is 1.50 bits per heavy atom. The molecule has 3 unspecified atom stereocenters. The topological polar surface area (TPSA) is 55.9 Å². The Kier molecular flexibility index (Phi) is 2.84. The molecule has 3 N–H and O–H groups in total. The molecule has 3 rings (SSSR count). The number of nitrogens with one attached hydrogen (secondary N) is 1. The van der Waals surface area contributed by atoms with Crippen LogP contribution in [0.25, 0.3) is 10.9 Å². The molecule has 1 heterocycles. The maximum atomic E-state index is 5.69. The number of aryl methyl sites for hydroxylation is 1. The van der Waals surface area contributed by atoms with E-state index in [4.69, 9.17) is 5.84 Å². The second-order valence-electron chi connectivity index (χ2n) is 5.44. The molecule has 0 spiro atoms. The van der Waals surface area contributed by atoms with Gasteiger partial charge in [-0.05, 0) is 24.3 Å². The van der Waals surface area contributed by atoms with Gasteiger partial charge in [-0.15, -0.1) is 0 Å². The number of para-hydroxylation sites is 1. The Morgan fingerprint density at radius 2 is 2.22 bits per heavy atom. The molecule has 1 aromatic heterocycles.